The Morgan fingerprint density at radius 1 is 0.953 bits per heavy atom. The highest BCUT2D eigenvalue weighted by Gasteiger charge is 2.21. The zero-order valence-corrected chi connectivity index (χ0v) is 25.7. The highest BCUT2D eigenvalue weighted by atomic mass is 35.5. The predicted octanol–water partition coefficient (Wildman–Crippen LogP) is 4.40. The summed E-state index contributed by atoms with van der Waals surface area (Å²) in [5.41, 5.74) is 3.18. The predicted molar refractivity (Wildman–Crippen MR) is 172 cm³/mol. The van der Waals surface area contributed by atoms with Crippen LogP contribution in [-0.4, -0.2) is 93.2 Å². The third-order valence-corrected chi connectivity index (χ3v) is 8.05. The van der Waals surface area contributed by atoms with E-state index in [-0.39, 0.29) is 11.1 Å². The van der Waals surface area contributed by atoms with Crippen molar-refractivity contribution in [3.63, 3.8) is 0 Å². The number of rotatable bonds is 8. The lowest BCUT2D eigenvalue weighted by Gasteiger charge is -2.34. The second kappa shape index (κ2) is 12.3. The molecule has 1 saturated heterocycles. The maximum absolute atomic E-state index is 13.7. The molecule has 11 nitrogen and oxygen atoms in total. The van der Waals surface area contributed by atoms with E-state index in [0.29, 0.717) is 39.4 Å². The van der Waals surface area contributed by atoms with Crippen LogP contribution in [0.15, 0.2) is 65.7 Å². The molecule has 222 valence electrons. The van der Waals surface area contributed by atoms with E-state index in [2.05, 4.69) is 44.2 Å². The van der Waals surface area contributed by atoms with Gasteiger partial charge < -0.3 is 20.0 Å². The number of hydrogen-bond donors (Lipinski definition) is 1. The van der Waals surface area contributed by atoms with Crippen LogP contribution in [0.1, 0.15) is 0 Å². The van der Waals surface area contributed by atoms with Gasteiger partial charge in [0.25, 0.3) is 5.56 Å². The molecular weight excluding hydrogens is 587 g/mol. The van der Waals surface area contributed by atoms with Crippen molar-refractivity contribution in [1.82, 2.24) is 39.3 Å². The zero-order chi connectivity index (χ0) is 30.1. The second-order valence-electron chi connectivity index (χ2n) is 10.8. The summed E-state index contributed by atoms with van der Waals surface area (Å²) in [5, 5.41) is 13.6. The van der Waals surface area contributed by atoms with E-state index in [1.807, 2.05) is 43.2 Å². The van der Waals surface area contributed by atoms with Crippen molar-refractivity contribution in [2.75, 3.05) is 64.1 Å². The van der Waals surface area contributed by atoms with Crippen LogP contribution in [0.25, 0.3) is 28.0 Å². The first kappa shape index (κ1) is 29.1. The number of anilines is 3. The van der Waals surface area contributed by atoms with Gasteiger partial charge in [-0.2, -0.15) is 14.9 Å². The molecule has 1 fully saturated rings. The van der Waals surface area contributed by atoms with Crippen molar-refractivity contribution in [1.29, 1.82) is 0 Å². The first-order chi connectivity index (χ1) is 20.8. The largest absolute Gasteiger partial charge is 0.369 e. The molecule has 0 radical (unpaired) electrons. The van der Waals surface area contributed by atoms with Gasteiger partial charge in [-0.1, -0.05) is 29.3 Å². The lowest BCUT2D eigenvalue weighted by atomic mass is 10.2. The Bertz CT molecular complexity index is 1790. The van der Waals surface area contributed by atoms with Gasteiger partial charge >= 0.3 is 0 Å². The van der Waals surface area contributed by atoms with Gasteiger partial charge in [0.15, 0.2) is 0 Å². The fourth-order valence-electron chi connectivity index (χ4n) is 4.97. The third kappa shape index (κ3) is 6.21. The first-order valence-electron chi connectivity index (χ1n) is 14.0. The van der Waals surface area contributed by atoms with Crippen molar-refractivity contribution in [2.24, 2.45) is 0 Å². The number of likely N-dealkylation sites (N-methyl/N-ethyl adjacent to an activating group) is 2. The van der Waals surface area contributed by atoms with Gasteiger partial charge in [-0.15, -0.1) is 0 Å². The SMILES string of the molecule is CN(C)CCn1ccc(-c2nn(-c3c(Cl)cccc3Cl)c(=O)c3cnc(Nc4ccc(N5CCN(C)CC5)cc4)nc23)n1. The van der Waals surface area contributed by atoms with E-state index in [9.17, 15) is 4.79 Å². The summed E-state index contributed by atoms with van der Waals surface area (Å²) >= 11 is 13.0. The highest BCUT2D eigenvalue weighted by molar-refractivity contribution is 6.37. The van der Waals surface area contributed by atoms with Gasteiger partial charge in [0.2, 0.25) is 5.95 Å². The molecule has 1 N–H and O–H groups in total. The number of nitrogens with one attached hydrogen (secondary N) is 1. The van der Waals surface area contributed by atoms with Crippen LogP contribution in [0.4, 0.5) is 17.3 Å². The van der Waals surface area contributed by atoms with Crippen LogP contribution in [0, 0.1) is 0 Å². The monoisotopic (exact) mass is 618 g/mol. The zero-order valence-electron chi connectivity index (χ0n) is 24.2. The molecule has 0 amide bonds. The minimum Gasteiger partial charge on any atom is -0.369 e. The van der Waals surface area contributed by atoms with Crippen molar-refractivity contribution in [3.8, 4) is 17.1 Å². The number of nitrogens with zero attached hydrogens (tertiary/aromatic N) is 9. The molecule has 1 aliphatic heterocycles. The Kier molecular flexibility index (Phi) is 8.31. The topological polar surface area (TPSA) is 100 Å². The summed E-state index contributed by atoms with van der Waals surface area (Å²) in [7, 11) is 6.16. The standard InChI is InChI=1S/C30H32Cl2N10O/c1-38(2)13-18-41-12-11-25(36-41)27-26-22(29(43)42(37-27)28-23(31)5-4-6-24(28)32)19-33-30(35-26)34-20-7-9-21(10-8-20)40-16-14-39(3)15-17-40/h4-12,19H,13-18H2,1-3H3,(H,33,34,35). The van der Waals surface area contributed by atoms with Gasteiger partial charge in [0.1, 0.15) is 22.6 Å². The molecule has 0 spiro atoms. The van der Waals surface area contributed by atoms with E-state index < -0.39 is 5.56 Å². The molecule has 43 heavy (non-hydrogen) atoms. The van der Waals surface area contributed by atoms with Crippen molar-refractivity contribution >= 4 is 51.4 Å². The molecule has 3 aromatic heterocycles. The van der Waals surface area contributed by atoms with Crippen molar-refractivity contribution in [2.45, 2.75) is 6.54 Å². The number of fused-ring (bicyclic) bond motifs is 1. The normalized spacial score (nSPS) is 14.1. The molecule has 6 rings (SSSR count). The maximum atomic E-state index is 13.7. The highest BCUT2D eigenvalue weighted by Crippen LogP contribution is 2.30. The third-order valence-electron chi connectivity index (χ3n) is 7.44. The average Bonchev–Trinajstić information content (AvgIpc) is 3.47. The quantitative estimate of drug-likeness (QED) is 0.271. The molecule has 5 aromatic rings. The summed E-state index contributed by atoms with van der Waals surface area (Å²) in [5.74, 6) is 0.336. The van der Waals surface area contributed by atoms with Gasteiger partial charge in [0, 0.05) is 56.5 Å². The molecule has 0 unspecified atom stereocenters. The minimum atomic E-state index is -0.441. The van der Waals surface area contributed by atoms with Gasteiger partial charge in [-0.25, -0.2) is 9.97 Å². The molecule has 0 saturated carbocycles. The van der Waals surface area contributed by atoms with E-state index >= 15 is 0 Å². The summed E-state index contributed by atoms with van der Waals surface area (Å²) in [4.78, 5) is 29.7. The van der Waals surface area contributed by atoms with Crippen LogP contribution >= 0.6 is 23.2 Å². The van der Waals surface area contributed by atoms with E-state index in [0.717, 1.165) is 38.4 Å². The maximum Gasteiger partial charge on any atom is 0.282 e. The van der Waals surface area contributed by atoms with Crippen LogP contribution in [-0.2, 0) is 6.54 Å². The molecule has 13 heteroatoms. The van der Waals surface area contributed by atoms with E-state index in [1.165, 1.54) is 16.6 Å². The summed E-state index contributed by atoms with van der Waals surface area (Å²) in [6.07, 6.45) is 3.38. The van der Waals surface area contributed by atoms with Crippen LogP contribution < -0.4 is 15.8 Å². The lowest BCUT2D eigenvalue weighted by molar-refractivity contribution is 0.313. The Morgan fingerprint density at radius 2 is 1.67 bits per heavy atom. The number of benzene rings is 2. The second-order valence-corrected chi connectivity index (χ2v) is 11.6. The summed E-state index contributed by atoms with van der Waals surface area (Å²) in [6.45, 7) is 5.57. The molecule has 0 atom stereocenters. The van der Waals surface area contributed by atoms with E-state index in [1.54, 1.807) is 18.2 Å². The average molecular weight is 620 g/mol. The first-order valence-corrected chi connectivity index (χ1v) is 14.8. The smallest absolute Gasteiger partial charge is 0.282 e. The molecule has 4 heterocycles. The van der Waals surface area contributed by atoms with Gasteiger partial charge in [-0.05, 0) is 63.6 Å². The number of para-hydroxylation sites is 1. The Balaban J connectivity index is 1.39. The van der Waals surface area contributed by atoms with Crippen LogP contribution in [0.5, 0.6) is 0 Å². The van der Waals surface area contributed by atoms with Gasteiger partial charge in [-0.3, -0.25) is 9.48 Å². The molecule has 2 aromatic carbocycles. The fraction of sp³-hybridized carbons (Fsp3) is 0.300. The van der Waals surface area contributed by atoms with E-state index in [4.69, 9.17) is 38.4 Å². The van der Waals surface area contributed by atoms with Crippen molar-refractivity contribution < 1.29 is 0 Å². The number of piperazine rings is 1. The Hall–Kier alpha value is -4.03. The fourth-order valence-corrected chi connectivity index (χ4v) is 5.52. The number of hydrogen-bond acceptors (Lipinski definition) is 9. The van der Waals surface area contributed by atoms with Crippen LogP contribution in [0.3, 0.4) is 0 Å². The Labute approximate surface area is 259 Å². The lowest BCUT2D eigenvalue weighted by Crippen LogP contribution is -2.44. The molecule has 0 aliphatic carbocycles. The number of halogens is 2. The minimum absolute atomic E-state index is 0.264. The molecule has 1 aliphatic rings. The van der Waals surface area contributed by atoms with Gasteiger partial charge in [0.05, 0.1) is 22.0 Å². The van der Waals surface area contributed by atoms with Crippen LogP contribution in [0.2, 0.25) is 10.0 Å². The molecule has 0 bridgehead atoms. The Morgan fingerprint density at radius 3 is 2.37 bits per heavy atom. The van der Waals surface area contributed by atoms with Crippen molar-refractivity contribution in [3.05, 3.63) is 81.3 Å². The summed E-state index contributed by atoms with van der Waals surface area (Å²) < 4.78 is 3.04. The molecular formula is C30H32Cl2N10O. The summed E-state index contributed by atoms with van der Waals surface area (Å²) in [6, 6.07) is 15.1. The number of aromatic nitrogens is 6.